The van der Waals surface area contributed by atoms with Crippen LogP contribution >= 0.6 is 0 Å². The molecule has 0 aliphatic heterocycles. The quantitative estimate of drug-likeness (QED) is 0.640. The predicted molar refractivity (Wildman–Crippen MR) is 63.1 cm³/mol. The van der Waals surface area contributed by atoms with Gasteiger partial charge in [-0.1, -0.05) is 0 Å². The van der Waals surface area contributed by atoms with Gasteiger partial charge in [-0.25, -0.2) is 13.9 Å². The van der Waals surface area contributed by atoms with Crippen LogP contribution in [0.3, 0.4) is 0 Å². The molecule has 3 rings (SSSR count). The van der Waals surface area contributed by atoms with E-state index in [9.17, 15) is 4.39 Å². The molecule has 84 valence electrons. The van der Waals surface area contributed by atoms with Gasteiger partial charge < -0.3 is 0 Å². The molecule has 0 fully saturated rings. The molecule has 2 heterocycles. The van der Waals surface area contributed by atoms with Gasteiger partial charge >= 0.3 is 0 Å². The first-order chi connectivity index (χ1) is 8.22. The lowest BCUT2D eigenvalue weighted by Gasteiger charge is -1.94. The molecule has 0 unspecified atom stereocenters. The topological polar surface area (TPSA) is 30.2 Å². The van der Waals surface area contributed by atoms with E-state index in [1.54, 1.807) is 16.6 Å². The predicted octanol–water partition coefficient (Wildman–Crippen LogP) is 2.84. The van der Waals surface area contributed by atoms with Crippen LogP contribution < -0.4 is 0 Å². The Labute approximate surface area is 97.5 Å². The Morgan fingerprint density at radius 1 is 1.06 bits per heavy atom. The molecule has 0 aliphatic carbocycles. The highest BCUT2D eigenvalue weighted by Crippen LogP contribution is 2.18. The Morgan fingerprint density at radius 2 is 1.82 bits per heavy atom. The number of nitrogens with zero attached hydrogens (tertiary/aromatic N) is 3. The molecule has 0 spiro atoms. The molecular formula is C13H10FN3. The van der Waals surface area contributed by atoms with Crippen LogP contribution in [0.4, 0.5) is 4.39 Å². The second-order valence-corrected chi connectivity index (χ2v) is 3.91. The van der Waals surface area contributed by atoms with E-state index in [1.165, 1.54) is 12.1 Å². The number of aromatic nitrogens is 3. The molecule has 0 saturated heterocycles. The van der Waals surface area contributed by atoms with Crippen LogP contribution in [-0.4, -0.2) is 14.6 Å². The number of benzene rings is 1. The Morgan fingerprint density at radius 3 is 2.59 bits per heavy atom. The maximum atomic E-state index is 12.8. The van der Waals surface area contributed by atoms with E-state index in [0.717, 1.165) is 22.6 Å². The summed E-state index contributed by atoms with van der Waals surface area (Å²) in [7, 11) is 0. The van der Waals surface area contributed by atoms with Gasteiger partial charge in [-0.2, -0.15) is 5.10 Å². The Hall–Kier alpha value is -2.23. The van der Waals surface area contributed by atoms with Crippen molar-refractivity contribution in [2.45, 2.75) is 6.92 Å². The van der Waals surface area contributed by atoms with Crippen LogP contribution in [0, 0.1) is 12.7 Å². The summed E-state index contributed by atoms with van der Waals surface area (Å²) in [6.07, 6.45) is 1.84. The molecule has 3 nitrogen and oxygen atoms in total. The summed E-state index contributed by atoms with van der Waals surface area (Å²) >= 11 is 0. The van der Waals surface area contributed by atoms with E-state index < -0.39 is 0 Å². The van der Waals surface area contributed by atoms with Gasteiger partial charge in [0, 0.05) is 5.56 Å². The standard InChI is InChI=1S/C13H10FN3/c1-9-2-7-13-15-12(8-17(13)16-9)10-3-5-11(14)6-4-10/h2-8H,1H3. The minimum atomic E-state index is -0.244. The van der Waals surface area contributed by atoms with Gasteiger partial charge in [0.15, 0.2) is 5.65 Å². The molecule has 3 aromatic rings. The average molecular weight is 227 g/mol. The van der Waals surface area contributed by atoms with Crippen LogP contribution in [0.15, 0.2) is 42.6 Å². The molecule has 2 aromatic heterocycles. The molecule has 0 bridgehead atoms. The van der Waals surface area contributed by atoms with Crippen LogP contribution in [0.5, 0.6) is 0 Å². The van der Waals surface area contributed by atoms with Crippen molar-refractivity contribution in [3.8, 4) is 11.3 Å². The Bertz CT molecular complexity index is 671. The third-order valence-corrected chi connectivity index (χ3v) is 2.59. The molecule has 1 aromatic carbocycles. The van der Waals surface area contributed by atoms with Crippen molar-refractivity contribution >= 4 is 5.65 Å². The second kappa shape index (κ2) is 3.66. The van der Waals surface area contributed by atoms with Gasteiger partial charge in [-0.3, -0.25) is 0 Å². The normalized spacial score (nSPS) is 10.9. The number of fused-ring (bicyclic) bond motifs is 1. The summed E-state index contributed by atoms with van der Waals surface area (Å²) in [5.41, 5.74) is 3.40. The summed E-state index contributed by atoms with van der Waals surface area (Å²) in [5, 5.41) is 4.32. The Kier molecular flexibility index (Phi) is 2.14. The molecule has 17 heavy (non-hydrogen) atoms. The first kappa shape index (κ1) is 9.96. The van der Waals surface area contributed by atoms with Crippen molar-refractivity contribution in [2.24, 2.45) is 0 Å². The molecule has 0 N–H and O–H groups in total. The smallest absolute Gasteiger partial charge is 0.154 e. The van der Waals surface area contributed by atoms with Gasteiger partial charge in [-0.05, 0) is 43.3 Å². The first-order valence-corrected chi connectivity index (χ1v) is 5.31. The van der Waals surface area contributed by atoms with Gasteiger partial charge in [0.25, 0.3) is 0 Å². The lowest BCUT2D eigenvalue weighted by atomic mass is 10.2. The fourth-order valence-electron chi connectivity index (χ4n) is 1.74. The van der Waals surface area contributed by atoms with Crippen LogP contribution in [0.2, 0.25) is 0 Å². The number of rotatable bonds is 1. The second-order valence-electron chi connectivity index (χ2n) is 3.91. The molecule has 0 aliphatic rings. The van der Waals surface area contributed by atoms with E-state index in [1.807, 2.05) is 25.3 Å². The summed E-state index contributed by atoms with van der Waals surface area (Å²) < 4.78 is 14.6. The van der Waals surface area contributed by atoms with Crippen LogP contribution in [0.1, 0.15) is 5.69 Å². The fourth-order valence-corrected chi connectivity index (χ4v) is 1.74. The zero-order valence-corrected chi connectivity index (χ0v) is 9.26. The van der Waals surface area contributed by atoms with Gasteiger partial charge in [0.2, 0.25) is 0 Å². The molecular weight excluding hydrogens is 217 g/mol. The average Bonchev–Trinajstić information content (AvgIpc) is 2.72. The van der Waals surface area contributed by atoms with Gasteiger partial charge in [0.05, 0.1) is 17.6 Å². The third-order valence-electron chi connectivity index (χ3n) is 2.59. The lowest BCUT2D eigenvalue weighted by Crippen LogP contribution is -1.91. The lowest BCUT2D eigenvalue weighted by molar-refractivity contribution is 0.628. The molecule has 0 saturated carbocycles. The van der Waals surface area contributed by atoms with Crippen molar-refractivity contribution in [2.75, 3.05) is 0 Å². The van der Waals surface area contributed by atoms with Crippen molar-refractivity contribution < 1.29 is 4.39 Å². The largest absolute Gasteiger partial charge is 0.227 e. The minimum Gasteiger partial charge on any atom is -0.227 e. The van der Waals surface area contributed by atoms with E-state index in [-0.39, 0.29) is 5.82 Å². The van der Waals surface area contributed by atoms with Gasteiger partial charge in [0.1, 0.15) is 5.82 Å². The molecule has 0 atom stereocenters. The van der Waals surface area contributed by atoms with Crippen LogP contribution in [-0.2, 0) is 0 Å². The number of halogens is 1. The summed E-state index contributed by atoms with van der Waals surface area (Å²) in [6, 6.07) is 10.1. The highest BCUT2D eigenvalue weighted by molar-refractivity contribution is 5.62. The fraction of sp³-hybridized carbons (Fsp3) is 0.0769. The highest BCUT2D eigenvalue weighted by atomic mass is 19.1. The highest BCUT2D eigenvalue weighted by Gasteiger charge is 2.05. The summed E-state index contributed by atoms with van der Waals surface area (Å²) in [5.74, 6) is -0.244. The monoisotopic (exact) mass is 227 g/mol. The summed E-state index contributed by atoms with van der Waals surface area (Å²) in [6.45, 7) is 1.93. The SMILES string of the molecule is Cc1ccc2nc(-c3ccc(F)cc3)cn2n1. The van der Waals surface area contributed by atoms with E-state index >= 15 is 0 Å². The number of aryl methyl sites for hydroxylation is 1. The van der Waals surface area contributed by atoms with Gasteiger partial charge in [-0.15, -0.1) is 0 Å². The number of hydrogen-bond donors (Lipinski definition) is 0. The summed E-state index contributed by atoms with van der Waals surface area (Å²) in [4.78, 5) is 4.43. The minimum absolute atomic E-state index is 0.244. The molecule has 0 radical (unpaired) electrons. The number of imidazole rings is 1. The third kappa shape index (κ3) is 1.78. The Balaban J connectivity index is 2.14. The first-order valence-electron chi connectivity index (χ1n) is 5.31. The van der Waals surface area contributed by atoms with Crippen molar-refractivity contribution in [3.63, 3.8) is 0 Å². The van der Waals surface area contributed by atoms with Crippen molar-refractivity contribution in [3.05, 3.63) is 54.1 Å². The maximum Gasteiger partial charge on any atom is 0.154 e. The van der Waals surface area contributed by atoms with E-state index in [0.29, 0.717) is 0 Å². The zero-order valence-electron chi connectivity index (χ0n) is 9.26. The molecule has 4 heteroatoms. The van der Waals surface area contributed by atoms with Crippen LogP contribution in [0.25, 0.3) is 16.9 Å². The van der Waals surface area contributed by atoms with E-state index in [4.69, 9.17) is 0 Å². The number of hydrogen-bond acceptors (Lipinski definition) is 2. The van der Waals surface area contributed by atoms with Crippen molar-refractivity contribution in [1.82, 2.24) is 14.6 Å². The zero-order chi connectivity index (χ0) is 11.8. The molecule has 0 amide bonds. The van der Waals surface area contributed by atoms with E-state index in [2.05, 4.69) is 10.1 Å². The maximum absolute atomic E-state index is 12.8. The van der Waals surface area contributed by atoms with Crippen molar-refractivity contribution in [1.29, 1.82) is 0 Å².